The molecule has 2 heterocycles. The lowest BCUT2D eigenvalue weighted by atomic mass is 9.90. The normalized spacial score (nSPS) is 17.5. The average Bonchev–Trinajstić information content (AvgIpc) is 2.96. The topological polar surface area (TPSA) is 54.6 Å². The van der Waals surface area contributed by atoms with Crippen molar-refractivity contribution in [1.29, 1.82) is 0 Å². The third-order valence-electron chi connectivity index (χ3n) is 4.69. The highest BCUT2D eigenvalue weighted by Crippen LogP contribution is 2.38. The summed E-state index contributed by atoms with van der Waals surface area (Å²) in [4.78, 5) is 18.2. The number of aromatic nitrogens is 1. The summed E-state index contributed by atoms with van der Waals surface area (Å²) < 4.78 is 10.4. The first kappa shape index (κ1) is 17.0. The van der Waals surface area contributed by atoms with Gasteiger partial charge in [0.1, 0.15) is 6.61 Å². The number of nitrogens with one attached hydrogen (secondary N) is 1. The maximum atomic E-state index is 12.6. The minimum Gasteiger partial charge on any atom is -0.382 e. The second kappa shape index (κ2) is 7.36. The van der Waals surface area contributed by atoms with Crippen LogP contribution in [0.2, 0.25) is 0 Å². The van der Waals surface area contributed by atoms with Gasteiger partial charge in [-0.25, -0.2) is 0 Å². The van der Waals surface area contributed by atoms with Crippen LogP contribution in [0.25, 0.3) is 10.9 Å². The van der Waals surface area contributed by atoms with Crippen LogP contribution in [0.5, 0.6) is 0 Å². The molecule has 3 rings (SSSR count). The highest BCUT2D eigenvalue weighted by Gasteiger charge is 2.34. The number of para-hydroxylation sites is 1. The Morgan fingerprint density at radius 1 is 1.33 bits per heavy atom. The van der Waals surface area contributed by atoms with E-state index in [1.54, 1.807) is 7.11 Å². The van der Waals surface area contributed by atoms with Gasteiger partial charge in [0.2, 0.25) is 5.91 Å². The Labute approximate surface area is 142 Å². The summed E-state index contributed by atoms with van der Waals surface area (Å²) in [5.74, 6) is 0.383. The quantitative estimate of drug-likeness (QED) is 0.829. The van der Waals surface area contributed by atoms with Crippen molar-refractivity contribution >= 4 is 16.8 Å². The zero-order valence-corrected chi connectivity index (χ0v) is 14.7. The second-order valence-corrected chi connectivity index (χ2v) is 6.63. The Bertz CT molecular complexity index is 708. The maximum absolute atomic E-state index is 12.6. The third-order valence-corrected chi connectivity index (χ3v) is 4.69. The number of fused-ring (bicyclic) bond motifs is 3. The number of H-pyrrole nitrogens is 1. The van der Waals surface area contributed by atoms with Gasteiger partial charge in [-0.1, -0.05) is 32.0 Å². The smallest absolute Gasteiger partial charge is 0.249 e. The first-order valence-corrected chi connectivity index (χ1v) is 8.59. The van der Waals surface area contributed by atoms with E-state index in [1.165, 1.54) is 16.6 Å². The number of carbonyl (C=O) groups excluding carboxylic acids is 1. The van der Waals surface area contributed by atoms with Crippen LogP contribution in [0.1, 0.15) is 31.1 Å². The molecular formula is C19H26N2O3. The van der Waals surface area contributed by atoms with E-state index < -0.39 is 0 Å². The van der Waals surface area contributed by atoms with E-state index in [0.717, 1.165) is 18.5 Å². The number of aromatic amines is 1. The molecule has 2 aromatic rings. The number of hydrogen-bond acceptors (Lipinski definition) is 3. The SMILES string of the molecule is COCCOCC(=O)N1CCc2c([nH]c3ccccc23)C1C(C)C. The standard InChI is InChI=1S/C19H26N2O3/c1-13(2)19-18-15(14-6-4-5-7-16(14)20-18)8-9-21(19)17(22)12-24-11-10-23-3/h4-7,13,19-20H,8-12H2,1-3H3. The highest BCUT2D eigenvalue weighted by molar-refractivity contribution is 5.86. The van der Waals surface area contributed by atoms with Crippen molar-refractivity contribution in [3.8, 4) is 0 Å². The lowest BCUT2D eigenvalue weighted by molar-refractivity contribution is -0.140. The number of methoxy groups -OCH3 is 1. The van der Waals surface area contributed by atoms with Crippen molar-refractivity contribution in [3.05, 3.63) is 35.5 Å². The number of carbonyl (C=O) groups is 1. The Kier molecular flexibility index (Phi) is 5.21. The largest absolute Gasteiger partial charge is 0.382 e. The summed E-state index contributed by atoms with van der Waals surface area (Å²) in [5.41, 5.74) is 3.69. The summed E-state index contributed by atoms with van der Waals surface area (Å²) >= 11 is 0. The molecule has 1 unspecified atom stereocenters. The summed E-state index contributed by atoms with van der Waals surface area (Å²) in [6.07, 6.45) is 0.881. The molecule has 1 aliphatic rings. The molecule has 0 fully saturated rings. The van der Waals surface area contributed by atoms with Gasteiger partial charge in [-0.2, -0.15) is 0 Å². The second-order valence-electron chi connectivity index (χ2n) is 6.63. The Hall–Kier alpha value is -1.85. The van der Waals surface area contributed by atoms with E-state index in [-0.39, 0.29) is 18.6 Å². The van der Waals surface area contributed by atoms with Gasteiger partial charge in [0.05, 0.1) is 19.3 Å². The van der Waals surface area contributed by atoms with Crippen LogP contribution in [0, 0.1) is 5.92 Å². The number of rotatable bonds is 6. The summed E-state index contributed by atoms with van der Waals surface area (Å²) in [5, 5.41) is 1.28. The maximum Gasteiger partial charge on any atom is 0.249 e. The van der Waals surface area contributed by atoms with E-state index in [0.29, 0.717) is 19.1 Å². The minimum absolute atomic E-state index is 0.0501. The van der Waals surface area contributed by atoms with Crippen LogP contribution in [0.15, 0.2) is 24.3 Å². The van der Waals surface area contributed by atoms with Gasteiger partial charge in [0, 0.05) is 30.3 Å². The molecule has 0 saturated heterocycles. The average molecular weight is 330 g/mol. The minimum atomic E-state index is 0.0501. The first-order valence-electron chi connectivity index (χ1n) is 8.59. The number of hydrogen-bond donors (Lipinski definition) is 1. The van der Waals surface area contributed by atoms with Gasteiger partial charge in [-0.3, -0.25) is 4.79 Å². The van der Waals surface area contributed by atoms with Crippen molar-refractivity contribution in [2.75, 3.05) is 33.5 Å². The van der Waals surface area contributed by atoms with E-state index in [1.807, 2.05) is 11.0 Å². The van der Waals surface area contributed by atoms with Crippen LogP contribution in [-0.2, 0) is 20.7 Å². The number of nitrogens with zero attached hydrogens (tertiary/aromatic N) is 1. The molecule has 1 atom stereocenters. The fourth-order valence-corrected chi connectivity index (χ4v) is 3.63. The van der Waals surface area contributed by atoms with Crippen molar-refractivity contribution in [1.82, 2.24) is 9.88 Å². The Balaban J connectivity index is 1.84. The predicted molar refractivity (Wildman–Crippen MR) is 94.0 cm³/mol. The molecule has 0 saturated carbocycles. The van der Waals surface area contributed by atoms with Gasteiger partial charge in [0.15, 0.2) is 0 Å². The lowest BCUT2D eigenvalue weighted by Gasteiger charge is -2.38. The Morgan fingerprint density at radius 3 is 2.88 bits per heavy atom. The molecule has 0 radical (unpaired) electrons. The van der Waals surface area contributed by atoms with Gasteiger partial charge in [-0.05, 0) is 24.0 Å². The number of ether oxygens (including phenoxy) is 2. The van der Waals surface area contributed by atoms with Crippen molar-refractivity contribution in [3.63, 3.8) is 0 Å². The Morgan fingerprint density at radius 2 is 2.12 bits per heavy atom. The van der Waals surface area contributed by atoms with Crippen molar-refractivity contribution < 1.29 is 14.3 Å². The van der Waals surface area contributed by atoms with E-state index in [9.17, 15) is 4.79 Å². The first-order chi connectivity index (χ1) is 11.6. The molecule has 130 valence electrons. The zero-order chi connectivity index (χ0) is 17.1. The van der Waals surface area contributed by atoms with Crippen LogP contribution in [0.3, 0.4) is 0 Å². The van der Waals surface area contributed by atoms with Crippen LogP contribution in [0.4, 0.5) is 0 Å². The number of benzene rings is 1. The molecule has 5 nitrogen and oxygen atoms in total. The van der Waals surface area contributed by atoms with Crippen LogP contribution < -0.4 is 0 Å². The molecule has 1 aliphatic heterocycles. The van der Waals surface area contributed by atoms with Crippen molar-refractivity contribution in [2.24, 2.45) is 5.92 Å². The monoisotopic (exact) mass is 330 g/mol. The van der Waals surface area contributed by atoms with Crippen LogP contribution >= 0.6 is 0 Å². The zero-order valence-electron chi connectivity index (χ0n) is 14.7. The third kappa shape index (κ3) is 3.19. The molecule has 5 heteroatoms. The van der Waals surface area contributed by atoms with Gasteiger partial charge in [-0.15, -0.1) is 0 Å². The fraction of sp³-hybridized carbons (Fsp3) is 0.526. The van der Waals surface area contributed by atoms with E-state index in [2.05, 4.69) is 37.0 Å². The van der Waals surface area contributed by atoms with Crippen LogP contribution in [-0.4, -0.2) is 49.3 Å². The molecule has 0 bridgehead atoms. The molecule has 1 N–H and O–H groups in total. The highest BCUT2D eigenvalue weighted by atomic mass is 16.5. The molecule has 0 aliphatic carbocycles. The van der Waals surface area contributed by atoms with Gasteiger partial charge in [0.25, 0.3) is 0 Å². The summed E-state index contributed by atoms with van der Waals surface area (Å²) in [6, 6.07) is 8.45. The summed E-state index contributed by atoms with van der Waals surface area (Å²) in [6.45, 7) is 6.13. The lowest BCUT2D eigenvalue weighted by Crippen LogP contribution is -2.44. The molecule has 0 spiro atoms. The summed E-state index contributed by atoms with van der Waals surface area (Å²) in [7, 11) is 1.63. The molecule has 1 amide bonds. The molecule has 1 aromatic heterocycles. The van der Waals surface area contributed by atoms with E-state index >= 15 is 0 Å². The fourth-order valence-electron chi connectivity index (χ4n) is 3.63. The molecule has 1 aromatic carbocycles. The van der Waals surface area contributed by atoms with Crippen molar-refractivity contribution in [2.45, 2.75) is 26.3 Å². The molecular weight excluding hydrogens is 304 g/mol. The number of amides is 1. The predicted octanol–water partition coefficient (Wildman–Crippen LogP) is 2.91. The van der Waals surface area contributed by atoms with Gasteiger partial charge >= 0.3 is 0 Å². The van der Waals surface area contributed by atoms with Gasteiger partial charge < -0.3 is 19.4 Å². The van der Waals surface area contributed by atoms with E-state index in [4.69, 9.17) is 9.47 Å². The molecule has 24 heavy (non-hydrogen) atoms.